The Balaban J connectivity index is 1.72. The highest BCUT2D eigenvalue weighted by Crippen LogP contribution is 2.48. The van der Waals surface area contributed by atoms with Crippen molar-refractivity contribution in [1.82, 2.24) is 14.7 Å². The first-order valence-corrected chi connectivity index (χ1v) is 14.4. The topological polar surface area (TPSA) is 76.9 Å². The number of nitrogens with zero attached hydrogens (tertiary/aromatic N) is 4. The molecular weight excluding hydrogens is 536 g/mol. The third-order valence-electron chi connectivity index (χ3n) is 6.93. The molecule has 2 amide bonds. The molecule has 2 aliphatic heterocycles. The van der Waals surface area contributed by atoms with Crippen molar-refractivity contribution in [1.29, 1.82) is 0 Å². The number of thioether (sulfide) groups is 1. The second-order valence-corrected chi connectivity index (χ2v) is 12.2. The molecule has 0 aliphatic carbocycles. The highest BCUT2D eigenvalue weighted by molar-refractivity contribution is 8.00. The number of amides is 2. The largest absolute Gasteiger partial charge is 0.497 e. The maximum Gasteiger partial charge on any atom is 0.242 e. The highest BCUT2D eigenvalue weighted by atomic mass is 35.5. The Morgan fingerprint density at radius 2 is 1.87 bits per heavy atom. The summed E-state index contributed by atoms with van der Waals surface area (Å²) in [6, 6.07) is 15.3. The number of carbonyl (C=O) groups excluding carboxylic acids is 2. The molecular formula is C29H33ClN4O4S. The summed E-state index contributed by atoms with van der Waals surface area (Å²) < 4.78 is 12.6. The number of rotatable bonds is 5. The van der Waals surface area contributed by atoms with Crippen LogP contribution in [0.25, 0.3) is 5.69 Å². The third kappa shape index (κ3) is 5.66. The van der Waals surface area contributed by atoms with E-state index >= 15 is 0 Å². The van der Waals surface area contributed by atoms with Crippen molar-refractivity contribution >= 4 is 41.0 Å². The monoisotopic (exact) mass is 568 g/mol. The summed E-state index contributed by atoms with van der Waals surface area (Å²) in [4.78, 5) is 30.7. The molecule has 1 atom stereocenters. The van der Waals surface area contributed by atoms with Gasteiger partial charge in [-0.05, 0) is 42.0 Å². The summed E-state index contributed by atoms with van der Waals surface area (Å²) in [5.74, 6) is 1.31. The lowest BCUT2D eigenvalue weighted by molar-refractivity contribution is -0.134. The molecule has 1 aromatic heterocycles. The second-order valence-electron chi connectivity index (χ2n) is 10.7. The van der Waals surface area contributed by atoms with Gasteiger partial charge in [-0.1, -0.05) is 44.5 Å². The van der Waals surface area contributed by atoms with Crippen LogP contribution in [-0.4, -0.2) is 72.2 Å². The van der Waals surface area contributed by atoms with Crippen LogP contribution in [0.3, 0.4) is 0 Å². The predicted molar refractivity (Wildman–Crippen MR) is 154 cm³/mol. The van der Waals surface area contributed by atoms with E-state index in [2.05, 4.69) is 20.8 Å². The van der Waals surface area contributed by atoms with Gasteiger partial charge in [0.25, 0.3) is 0 Å². The van der Waals surface area contributed by atoms with E-state index in [0.717, 1.165) is 28.3 Å². The van der Waals surface area contributed by atoms with Gasteiger partial charge in [0, 0.05) is 29.1 Å². The number of morpholine rings is 1. The molecule has 8 nitrogen and oxygen atoms in total. The van der Waals surface area contributed by atoms with Crippen molar-refractivity contribution in [2.24, 2.45) is 0 Å². The fraction of sp³-hybridized carbons (Fsp3) is 0.414. The predicted octanol–water partition coefficient (Wildman–Crippen LogP) is 4.86. The second kappa shape index (κ2) is 11.2. The average molecular weight is 569 g/mol. The number of fused-ring (bicyclic) bond motifs is 1. The van der Waals surface area contributed by atoms with Crippen LogP contribution in [0.15, 0.2) is 48.5 Å². The Bertz CT molecular complexity index is 1360. The molecule has 5 rings (SSSR count). The standard InChI is InChI=1S/C29H33ClN4O4S/c1-29(2,3)27-25-26(19-6-5-7-20(30)16-19)39-18-24(36)33(17-23(35)32-12-14-38-15-13-32)28(25)34(31-27)21-8-10-22(37-4)11-9-21/h5-11,16,26H,12-15,17-18H2,1-4H3/t26-/m0/s1. The van der Waals surface area contributed by atoms with Crippen molar-refractivity contribution in [2.45, 2.75) is 31.4 Å². The molecule has 39 heavy (non-hydrogen) atoms. The number of anilines is 1. The van der Waals surface area contributed by atoms with Gasteiger partial charge in [0.15, 0.2) is 0 Å². The van der Waals surface area contributed by atoms with Crippen LogP contribution >= 0.6 is 23.4 Å². The minimum atomic E-state index is -0.341. The molecule has 1 fully saturated rings. The number of carbonyl (C=O) groups is 2. The zero-order valence-corrected chi connectivity index (χ0v) is 24.2. The van der Waals surface area contributed by atoms with E-state index < -0.39 is 0 Å². The number of halogens is 1. The van der Waals surface area contributed by atoms with Gasteiger partial charge in [-0.3, -0.25) is 14.5 Å². The first kappa shape index (κ1) is 27.6. The zero-order valence-electron chi connectivity index (χ0n) is 22.6. The number of ether oxygens (including phenoxy) is 2. The van der Waals surface area contributed by atoms with Crippen LogP contribution in [0.1, 0.15) is 42.8 Å². The number of hydrogen-bond acceptors (Lipinski definition) is 6. The van der Waals surface area contributed by atoms with Crippen molar-refractivity contribution in [3.05, 3.63) is 70.4 Å². The summed E-state index contributed by atoms with van der Waals surface area (Å²) in [7, 11) is 1.62. The number of aromatic nitrogens is 2. The molecule has 1 saturated heterocycles. The van der Waals surface area contributed by atoms with E-state index in [9.17, 15) is 9.59 Å². The van der Waals surface area contributed by atoms with Crippen LogP contribution in [0.4, 0.5) is 5.82 Å². The molecule has 0 spiro atoms. The molecule has 0 radical (unpaired) electrons. The lowest BCUT2D eigenvalue weighted by atomic mass is 9.87. The Hall–Kier alpha value is -3.01. The van der Waals surface area contributed by atoms with E-state index in [1.807, 2.05) is 53.2 Å². The lowest BCUT2D eigenvalue weighted by Crippen LogP contribution is -2.48. The maximum absolute atomic E-state index is 13.8. The van der Waals surface area contributed by atoms with E-state index in [-0.39, 0.29) is 34.8 Å². The van der Waals surface area contributed by atoms with Crippen molar-refractivity contribution in [3.63, 3.8) is 0 Å². The first-order valence-electron chi connectivity index (χ1n) is 13.0. The fourth-order valence-electron chi connectivity index (χ4n) is 4.96. The minimum absolute atomic E-state index is 0.0694. The van der Waals surface area contributed by atoms with E-state index in [1.54, 1.807) is 16.9 Å². The Morgan fingerprint density at radius 1 is 1.15 bits per heavy atom. The number of benzene rings is 2. The lowest BCUT2D eigenvalue weighted by Gasteiger charge is -2.30. The summed E-state index contributed by atoms with van der Waals surface area (Å²) in [6.45, 7) is 8.29. The molecule has 3 heterocycles. The zero-order chi connectivity index (χ0) is 27.7. The molecule has 0 unspecified atom stereocenters. The Kier molecular flexibility index (Phi) is 7.94. The van der Waals surface area contributed by atoms with Gasteiger partial charge in [0.2, 0.25) is 11.8 Å². The SMILES string of the molecule is COc1ccc(-n2nc(C(C)(C)C)c3c2N(CC(=O)N2CCOCC2)C(=O)CS[C@H]3c2cccc(Cl)c2)cc1. The van der Waals surface area contributed by atoms with E-state index in [1.165, 1.54) is 11.8 Å². The van der Waals surface area contributed by atoms with Crippen LogP contribution in [0.5, 0.6) is 5.75 Å². The van der Waals surface area contributed by atoms with Crippen molar-refractivity contribution in [2.75, 3.05) is 50.6 Å². The molecule has 2 aliphatic rings. The first-order chi connectivity index (χ1) is 18.7. The van der Waals surface area contributed by atoms with Gasteiger partial charge >= 0.3 is 0 Å². The van der Waals surface area contributed by atoms with Gasteiger partial charge in [-0.2, -0.15) is 5.10 Å². The molecule has 10 heteroatoms. The van der Waals surface area contributed by atoms with Gasteiger partial charge in [-0.25, -0.2) is 4.68 Å². The van der Waals surface area contributed by atoms with Crippen LogP contribution in [0, 0.1) is 0 Å². The van der Waals surface area contributed by atoms with E-state index in [4.69, 9.17) is 26.2 Å². The average Bonchev–Trinajstić information content (AvgIpc) is 3.27. The van der Waals surface area contributed by atoms with Crippen molar-refractivity contribution in [3.8, 4) is 11.4 Å². The number of hydrogen-bond donors (Lipinski definition) is 0. The molecule has 0 N–H and O–H groups in total. The summed E-state index contributed by atoms with van der Waals surface area (Å²) >= 11 is 7.96. The van der Waals surface area contributed by atoms with Gasteiger partial charge in [-0.15, -0.1) is 11.8 Å². The maximum atomic E-state index is 13.8. The molecule has 2 aromatic carbocycles. The molecule has 3 aromatic rings. The normalized spacial score (nSPS) is 18.1. The minimum Gasteiger partial charge on any atom is -0.497 e. The smallest absolute Gasteiger partial charge is 0.242 e. The quantitative estimate of drug-likeness (QED) is 0.437. The fourth-order valence-corrected chi connectivity index (χ4v) is 6.34. The third-order valence-corrected chi connectivity index (χ3v) is 8.41. The molecule has 0 saturated carbocycles. The molecule has 206 valence electrons. The van der Waals surface area contributed by atoms with Crippen molar-refractivity contribution < 1.29 is 19.1 Å². The van der Waals surface area contributed by atoms with Gasteiger partial charge in [0.1, 0.15) is 18.1 Å². The van der Waals surface area contributed by atoms with Gasteiger partial charge in [0.05, 0.1) is 42.7 Å². The number of methoxy groups -OCH3 is 1. The van der Waals surface area contributed by atoms with E-state index in [0.29, 0.717) is 37.1 Å². The Labute approximate surface area is 238 Å². The van der Waals surface area contributed by atoms with Crippen LogP contribution in [-0.2, 0) is 19.7 Å². The highest BCUT2D eigenvalue weighted by Gasteiger charge is 2.40. The van der Waals surface area contributed by atoms with Crippen LogP contribution in [0.2, 0.25) is 5.02 Å². The Morgan fingerprint density at radius 3 is 2.51 bits per heavy atom. The van der Waals surface area contributed by atoms with Crippen LogP contribution < -0.4 is 9.64 Å². The molecule has 0 bridgehead atoms. The summed E-state index contributed by atoms with van der Waals surface area (Å²) in [6.07, 6.45) is 0. The van der Waals surface area contributed by atoms with Gasteiger partial charge < -0.3 is 14.4 Å². The summed E-state index contributed by atoms with van der Waals surface area (Å²) in [5.41, 5.74) is 3.21. The summed E-state index contributed by atoms with van der Waals surface area (Å²) in [5, 5.41) is 5.55.